The molecule has 0 radical (unpaired) electrons. The number of hydrogen-bond donors (Lipinski definition) is 0. The van der Waals surface area contributed by atoms with Gasteiger partial charge in [-0.2, -0.15) is 0 Å². The smallest absolute Gasteiger partial charge is 0.0653 e. The van der Waals surface area contributed by atoms with Crippen LogP contribution in [-0.2, 0) is 5.16 Å². The van der Waals surface area contributed by atoms with Crippen LogP contribution in [0.3, 0.4) is 0 Å². The normalized spacial score (nSPS) is 19.1. The molecule has 174 valence electrons. The van der Waals surface area contributed by atoms with Gasteiger partial charge in [0.1, 0.15) is 0 Å². The molecule has 0 amide bonds. The summed E-state index contributed by atoms with van der Waals surface area (Å²) >= 11 is 0. The highest BCUT2D eigenvalue weighted by Crippen LogP contribution is 2.66. The Labute approximate surface area is 207 Å². The van der Waals surface area contributed by atoms with Crippen molar-refractivity contribution in [1.82, 2.24) is 0 Å². The van der Waals surface area contributed by atoms with Crippen molar-refractivity contribution in [1.29, 1.82) is 0 Å². The molecule has 0 nitrogen and oxygen atoms in total. The molecule has 3 aromatic rings. The van der Waals surface area contributed by atoms with Crippen molar-refractivity contribution in [3.05, 3.63) is 137 Å². The van der Waals surface area contributed by atoms with Crippen molar-refractivity contribution in [2.24, 2.45) is 0 Å². The molecule has 3 aromatic carbocycles. The molecule has 1 atom stereocenters. The van der Waals surface area contributed by atoms with E-state index in [0.29, 0.717) is 0 Å². The summed E-state index contributed by atoms with van der Waals surface area (Å²) < 4.78 is 0. The molecule has 1 saturated heterocycles. The average Bonchev–Trinajstić information content (AvgIpc) is 2.88. The van der Waals surface area contributed by atoms with E-state index in [1.54, 1.807) is 5.57 Å². The summed E-state index contributed by atoms with van der Waals surface area (Å²) in [5, 5.41) is 1.40. The molecular formula is C33H37P. The second-order valence-electron chi connectivity index (χ2n) is 9.56. The topological polar surface area (TPSA) is 0 Å². The Morgan fingerprint density at radius 1 is 0.794 bits per heavy atom. The molecule has 0 aliphatic carbocycles. The SMILES string of the molecule is CC(C)=CCC/C(C)=C/C=C1\CCCP(c2ccccc2)C1(c1ccccc1)c1ccccc1. The first kappa shape index (κ1) is 24.4. The van der Waals surface area contributed by atoms with Gasteiger partial charge in [0, 0.05) is 0 Å². The van der Waals surface area contributed by atoms with E-state index in [-0.39, 0.29) is 5.16 Å². The fourth-order valence-electron chi connectivity index (χ4n) is 5.21. The third-order valence-corrected chi connectivity index (χ3v) is 10.1. The monoisotopic (exact) mass is 464 g/mol. The fraction of sp³-hybridized carbons (Fsp3) is 0.273. The molecule has 0 N–H and O–H groups in total. The standard InChI is InChI=1S/C33H37P/c1-27(2)15-13-16-28(3)24-25-31-21-14-26-34(32-22-11-6-12-23-32)33(31,29-17-7-4-8-18-29)30-19-9-5-10-20-30/h4-12,15,17-20,22-25H,13-14,16,21,26H2,1-3H3/b28-24+,31-25+. The summed E-state index contributed by atoms with van der Waals surface area (Å²) in [7, 11) is -0.464. The third-order valence-electron chi connectivity index (χ3n) is 6.81. The molecule has 1 heterocycles. The maximum absolute atomic E-state index is 2.48. The molecule has 1 unspecified atom stereocenters. The van der Waals surface area contributed by atoms with E-state index in [4.69, 9.17) is 0 Å². The van der Waals surface area contributed by atoms with Gasteiger partial charge in [0.05, 0.1) is 5.16 Å². The molecule has 0 spiro atoms. The van der Waals surface area contributed by atoms with Crippen LogP contribution in [0.5, 0.6) is 0 Å². The molecule has 0 saturated carbocycles. The van der Waals surface area contributed by atoms with Crippen LogP contribution >= 0.6 is 7.92 Å². The second-order valence-corrected chi connectivity index (χ2v) is 12.0. The molecule has 0 bridgehead atoms. The van der Waals surface area contributed by atoms with Crippen molar-refractivity contribution in [3.63, 3.8) is 0 Å². The lowest BCUT2D eigenvalue weighted by atomic mass is 9.81. The maximum atomic E-state index is 2.48. The molecule has 1 aliphatic rings. The predicted molar refractivity (Wildman–Crippen MR) is 151 cm³/mol. The number of hydrogen-bond acceptors (Lipinski definition) is 0. The highest BCUT2D eigenvalue weighted by atomic mass is 31.1. The zero-order valence-electron chi connectivity index (χ0n) is 20.9. The molecule has 34 heavy (non-hydrogen) atoms. The van der Waals surface area contributed by atoms with E-state index in [2.05, 4.69) is 130 Å². The lowest BCUT2D eigenvalue weighted by molar-refractivity contribution is 0.725. The summed E-state index contributed by atoms with van der Waals surface area (Å²) in [5.74, 6) is 0. The van der Waals surface area contributed by atoms with E-state index in [1.807, 2.05) is 0 Å². The third kappa shape index (κ3) is 5.34. The van der Waals surface area contributed by atoms with Gasteiger partial charge in [-0.25, -0.2) is 0 Å². The van der Waals surface area contributed by atoms with Crippen LogP contribution in [0.15, 0.2) is 126 Å². The number of benzene rings is 3. The Hall–Kier alpha value is -2.69. The Bertz CT molecular complexity index is 1090. The molecule has 4 rings (SSSR count). The van der Waals surface area contributed by atoms with E-state index >= 15 is 0 Å². The number of allylic oxidation sites excluding steroid dienone is 6. The van der Waals surface area contributed by atoms with Crippen molar-refractivity contribution in [2.45, 2.75) is 51.6 Å². The summed E-state index contributed by atoms with van der Waals surface area (Å²) in [6, 6.07) is 33.9. The van der Waals surface area contributed by atoms with Gasteiger partial charge < -0.3 is 0 Å². The van der Waals surface area contributed by atoms with Crippen molar-refractivity contribution < 1.29 is 0 Å². The quantitative estimate of drug-likeness (QED) is 0.241. The van der Waals surface area contributed by atoms with Crippen molar-refractivity contribution in [2.75, 3.05) is 6.16 Å². The largest absolute Gasteiger partial charge is 0.0856 e. The van der Waals surface area contributed by atoms with E-state index < -0.39 is 7.92 Å². The van der Waals surface area contributed by atoms with Gasteiger partial charge in [0.2, 0.25) is 0 Å². The van der Waals surface area contributed by atoms with E-state index in [9.17, 15) is 0 Å². The first-order valence-corrected chi connectivity index (χ1v) is 14.1. The van der Waals surface area contributed by atoms with Crippen LogP contribution in [0.1, 0.15) is 57.6 Å². The Kier molecular flexibility index (Phi) is 8.36. The van der Waals surface area contributed by atoms with Crippen molar-refractivity contribution >= 4 is 13.2 Å². The Balaban J connectivity index is 1.90. The van der Waals surface area contributed by atoms with Gasteiger partial charge in [-0.3, -0.25) is 0 Å². The van der Waals surface area contributed by atoms with Gasteiger partial charge in [0.15, 0.2) is 0 Å². The first-order valence-electron chi connectivity index (χ1n) is 12.6. The second kappa shape index (κ2) is 11.6. The van der Waals surface area contributed by atoms with Crippen LogP contribution in [0.25, 0.3) is 0 Å². The zero-order chi connectivity index (χ0) is 23.8. The summed E-state index contributed by atoms with van der Waals surface area (Å²) in [4.78, 5) is 0. The van der Waals surface area contributed by atoms with Crippen LogP contribution in [0.4, 0.5) is 0 Å². The maximum Gasteiger partial charge on any atom is 0.0653 e. The fourth-order valence-corrected chi connectivity index (χ4v) is 8.65. The Morgan fingerprint density at radius 3 is 1.91 bits per heavy atom. The van der Waals surface area contributed by atoms with E-state index in [1.165, 1.54) is 40.2 Å². The van der Waals surface area contributed by atoms with Gasteiger partial charge in [-0.15, -0.1) is 0 Å². The number of rotatable bonds is 7. The van der Waals surface area contributed by atoms with Crippen LogP contribution in [-0.4, -0.2) is 6.16 Å². The van der Waals surface area contributed by atoms with Gasteiger partial charge in [-0.05, 0) is 69.0 Å². The van der Waals surface area contributed by atoms with Crippen LogP contribution in [0, 0.1) is 0 Å². The Morgan fingerprint density at radius 2 is 1.35 bits per heavy atom. The first-order chi connectivity index (χ1) is 16.6. The lowest BCUT2D eigenvalue weighted by Gasteiger charge is -2.48. The molecule has 1 heteroatoms. The van der Waals surface area contributed by atoms with Gasteiger partial charge in [0.25, 0.3) is 0 Å². The highest BCUT2D eigenvalue weighted by molar-refractivity contribution is 7.67. The minimum Gasteiger partial charge on any atom is -0.0856 e. The highest BCUT2D eigenvalue weighted by Gasteiger charge is 2.47. The summed E-state index contributed by atoms with van der Waals surface area (Å²) in [5.41, 5.74) is 7.27. The summed E-state index contributed by atoms with van der Waals surface area (Å²) in [6.45, 7) is 6.65. The lowest BCUT2D eigenvalue weighted by Crippen LogP contribution is -2.36. The average molecular weight is 465 g/mol. The van der Waals surface area contributed by atoms with Gasteiger partial charge >= 0.3 is 0 Å². The summed E-state index contributed by atoms with van der Waals surface area (Å²) in [6.07, 6.45) is 13.1. The molecule has 1 aliphatic heterocycles. The van der Waals surface area contributed by atoms with Gasteiger partial charge in [-0.1, -0.05) is 134 Å². The minimum atomic E-state index is -0.464. The van der Waals surface area contributed by atoms with E-state index in [0.717, 1.165) is 19.3 Å². The zero-order valence-corrected chi connectivity index (χ0v) is 21.8. The molecular weight excluding hydrogens is 427 g/mol. The molecule has 1 fully saturated rings. The van der Waals surface area contributed by atoms with Crippen LogP contribution in [0.2, 0.25) is 0 Å². The van der Waals surface area contributed by atoms with Crippen LogP contribution < -0.4 is 5.30 Å². The predicted octanol–water partition coefficient (Wildman–Crippen LogP) is 9.15. The van der Waals surface area contributed by atoms with Crippen molar-refractivity contribution in [3.8, 4) is 0 Å². The molecule has 0 aromatic heterocycles. The minimum absolute atomic E-state index is 0.103.